The van der Waals surface area contributed by atoms with Crippen molar-refractivity contribution < 1.29 is 4.52 Å². The SMILES string of the molecule is Cc1noc(C)c1-c1cc2cnc(Nc3ccc(N4CCNCC4)cn3)nn2c1C1=CCCC1. The molecule has 0 atom stereocenters. The fourth-order valence-electron chi connectivity index (χ4n) is 4.96. The normalized spacial score (nSPS) is 16.3. The van der Waals surface area contributed by atoms with Gasteiger partial charge in [-0.25, -0.2) is 14.5 Å². The molecule has 0 unspecified atom stereocenters. The molecule has 0 spiro atoms. The number of aromatic nitrogens is 5. The minimum Gasteiger partial charge on any atom is -0.368 e. The minimum absolute atomic E-state index is 0.510. The molecular weight excluding hydrogens is 428 g/mol. The Morgan fingerprint density at radius 2 is 1.97 bits per heavy atom. The first kappa shape index (κ1) is 20.9. The first-order chi connectivity index (χ1) is 16.7. The van der Waals surface area contributed by atoms with Crippen LogP contribution in [-0.2, 0) is 0 Å². The summed E-state index contributed by atoms with van der Waals surface area (Å²) in [5.41, 5.74) is 7.47. The van der Waals surface area contributed by atoms with Crippen molar-refractivity contribution in [3.8, 4) is 11.1 Å². The number of anilines is 3. The summed E-state index contributed by atoms with van der Waals surface area (Å²) in [6, 6.07) is 6.21. The zero-order valence-electron chi connectivity index (χ0n) is 19.5. The largest absolute Gasteiger partial charge is 0.368 e. The first-order valence-corrected chi connectivity index (χ1v) is 11.9. The van der Waals surface area contributed by atoms with Crippen molar-refractivity contribution in [3.05, 3.63) is 53.8 Å². The molecule has 5 heterocycles. The highest BCUT2D eigenvalue weighted by Crippen LogP contribution is 2.39. The smallest absolute Gasteiger partial charge is 0.246 e. The Morgan fingerprint density at radius 3 is 2.68 bits per heavy atom. The van der Waals surface area contributed by atoms with Crippen molar-refractivity contribution >= 4 is 28.5 Å². The van der Waals surface area contributed by atoms with Gasteiger partial charge in [-0.15, -0.1) is 5.10 Å². The molecule has 4 aromatic rings. The molecule has 1 fully saturated rings. The van der Waals surface area contributed by atoms with Crippen LogP contribution in [0.3, 0.4) is 0 Å². The Labute approximate surface area is 197 Å². The first-order valence-electron chi connectivity index (χ1n) is 11.9. The third kappa shape index (κ3) is 3.71. The number of rotatable bonds is 5. The lowest BCUT2D eigenvalue weighted by atomic mass is 10.00. The summed E-state index contributed by atoms with van der Waals surface area (Å²) in [6.07, 6.45) is 9.35. The molecule has 0 bridgehead atoms. The van der Waals surface area contributed by atoms with E-state index in [4.69, 9.17) is 9.62 Å². The molecule has 0 amide bonds. The highest BCUT2D eigenvalue weighted by Gasteiger charge is 2.24. The lowest BCUT2D eigenvalue weighted by molar-refractivity contribution is 0.393. The molecule has 0 saturated carbocycles. The van der Waals surface area contributed by atoms with Crippen LogP contribution in [0.1, 0.15) is 36.4 Å². The number of fused-ring (bicyclic) bond motifs is 1. The number of hydrogen-bond acceptors (Lipinski definition) is 8. The zero-order valence-corrected chi connectivity index (χ0v) is 19.5. The third-order valence-electron chi connectivity index (χ3n) is 6.64. The van der Waals surface area contributed by atoms with Gasteiger partial charge in [-0.1, -0.05) is 11.2 Å². The average molecular weight is 457 g/mol. The van der Waals surface area contributed by atoms with Crippen LogP contribution in [0.25, 0.3) is 22.2 Å². The summed E-state index contributed by atoms with van der Waals surface area (Å²) < 4.78 is 7.47. The van der Waals surface area contributed by atoms with E-state index in [9.17, 15) is 0 Å². The number of pyridine rings is 1. The Kier molecular flexibility index (Phi) is 5.26. The van der Waals surface area contributed by atoms with Gasteiger partial charge in [0.25, 0.3) is 0 Å². The fourth-order valence-corrected chi connectivity index (χ4v) is 4.96. The van der Waals surface area contributed by atoms with E-state index >= 15 is 0 Å². The predicted molar refractivity (Wildman–Crippen MR) is 132 cm³/mol. The van der Waals surface area contributed by atoms with Crippen LogP contribution in [0.5, 0.6) is 0 Å². The van der Waals surface area contributed by atoms with Gasteiger partial charge in [0.05, 0.1) is 35.0 Å². The molecule has 9 nitrogen and oxygen atoms in total. The number of aryl methyl sites for hydroxylation is 2. The van der Waals surface area contributed by atoms with Crippen molar-refractivity contribution in [1.82, 2.24) is 30.1 Å². The van der Waals surface area contributed by atoms with Crippen LogP contribution in [0.2, 0.25) is 0 Å². The highest BCUT2D eigenvalue weighted by atomic mass is 16.5. The number of hydrogen-bond donors (Lipinski definition) is 2. The van der Waals surface area contributed by atoms with E-state index in [0.717, 1.165) is 90.7 Å². The van der Waals surface area contributed by atoms with Gasteiger partial charge in [-0.3, -0.25) is 0 Å². The fraction of sp³-hybridized carbons (Fsp3) is 0.360. The van der Waals surface area contributed by atoms with E-state index in [-0.39, 0.29) is 0 Å². The van der Waals surface area contributed by atoms with Gasteiger partial charge < -0.3 is 20.1 Å². The molecular formula is C25H28N8O. The van der Waals surface area contributed by atoms with E-state index < -0.39 is 0 Å². The molecule has 2 N–H and O–H groups in total. The van der Waals surface area contributed by atoms with Gasteiger partial charge in [0.1, 0.15) is 11.6 Å². The Morgan fingerprint density at radius 1 is 1.09 bits per heavy atom. The number of piperazine rings is 1. The number of nitrogens with zero attached hydrogens (tertiary/aromatic N) is 6. The maximum Gasteiger partial charge on any atom is 0.246 e. The van der Waals surface area contributed by atoms with Crippen molar-refractivity contribution in [1.29, 1.82) is 0 Å². The molecule has 2 aliphatic rings. The molecule has 4 aromatic heterocycles. The number of allylic oxidation sites excluding steroid dienone is 2. The molecule has 9 heteroatoms. The summed E-state index contributed by atoms with van der Waals surface area (Å²) in [4.78, 5) is 11.5. The van der Waals surface area contributed by atoms with Gasteiger partial charge in [0.15, 0.2) is 0 Å². The van der Waals surface area contributed by atoms with Crippen molar-refractivity contribution in [2.24, 2.45) is 0 Å². The molecule has 174 valence electrons. The van der Waals surface area contributed by atoms with Gasteiger partial charge in [0, 0.05) is 37.3 Å². The zero-order chi connectivity index (χ0) is 23.1. The monoisotopic (exact) mass is 456 g/mol. The van der Waals surface area contributed by atoms with E-state index in [1.165, 1.54) is 5.57 Å². The lowest BCUT2D eigenvalue weighted by Crippen LogP contribution is -2.43. The summed E-state index contributed by atoms with van der Waals surface area (Å²) in [7, 11) is 0. The van der Waals surface area contributed by atoms with Gasteiger partial charge in [-0.05, 0) is 56.9 Å². The quantitative estimate of drug-likeness (QED) is 0.463. The van der Waals surface area contributed by atoms with Gasteiger partial charge in [-0.2, -0.15) is 0 Å². The summed E-state index contributed by atoms with van der Waals surface area (Å²) in [6.45, 7) is 7.93. The molecule has 1 aliphatic carbocycles. The van der Waals surface area contributed by atoms with Crippen molar-refractivity contribution in [2.75, 3.05) is 36.4 Å². The van der Waals surface area contributed by atoms with Crippen molar-refractivity contribution in [2.45, 2.75) is 33.1 Å². The van der Waals surface area contributed by atoms with Crippen LogP contribution in [0, 0.1) is 13.8 Å². The Bertz CT molecular complexity index is 1340. The molecule has 1 saturated heterocycles. The van der Waals surface area contributed by atoms with E-state index in [1.54, 1.807) is 0 Å². The van der Waals surface area contributed by atoms with Crippen LogP contribution in [0.4, 0.5) is 17.5 Å². The standard InChI is InChI=1S/C25H28N8O/c1-16-23(17(2)34-31-16)21-13-20-15-28-25(30-33(20)24(21)18-5-3-4-6-18)29-22-8-7-19(14-27-22)32-11-9-26-10-12-32/h5,7-8,13-15,26H,3-4,6,9-12H2,1-2H3,(H,27,29,30). The molecule has 34 heavy (non-hydrogen) atoms. The third-order valence-corrected chi connectivity index (χ3v) is 6.64. The number of nitrogens with one attached hydrogen (secondary N) is 2. The lowest BCUT2D eigenvalue weighted by Gasteiger charge is -2.29. The Hall–Kier alpha value is -3.72. The second-order valence-corrected chi connectivity index (χ2v) is 8.91. The average Bonchev–Trinajstić information content (AvgIpc) is 3.59. The van der Waals surface area contributed by atoms with Crippen molar-refractivity contribution in [3.63, 3.8) is 0 Å². The Balaban J connectivity index is 1.35. The molecule has 0 aromatic carbocycles. The van der Waals surface area contributed by atoms with Crippen LogP contribution < -0.4 is 15.5 Å². The van der Waals surface area contributed by atoms with Crippen LogP contribution in [-0.4, -0.2) is 50.9 Å². The second-order valence-electron chi connectivity index (χ2n) is 8.91. The predicted octanol–water partition coefficient (Wildman–Crippen LogP) is 4.12. The van der Waals surface area contributed by atoms with Gasteiger partial charge >= 0.3 is 0 Å². The molecule has 6 rings (SSSR count). The second kappa shape index (κ2) is 8.57. The topological polar surface area (TPSA) is 96.4 Å². The minimum atomic E-state index is 0.510. The highest BCUT2D eigenvalue weighted by molar-refractivity contribution is 5.86. The summed E-state index contributed by atoms with van der Waals surface area (Å²) in [5, 5.41) is 15.7. The van der Waals surface area contributed by atoms with E-state index in [0.29, 0.717) is 5.95 Å². The van der Waals surface area contributed by atoms with Gasteiger partial charge in [0.2, 0.25) is 5.95 Å². The van der Waals surface area contributed by atoms with Crippen LogP contribution >= 0.6 is 0 Å². The van der Waals surface area contributed by atoms with E-state index in [2.05, 4.69) is 48.9 Å². The van der Waals surface area contributed by atoms with E-state index in [1.807, 2.05) is 36.8 Å². The summed E-state index contributed by atoms with van der Waals surface area (Å²) in [5.74, 6) is 2.04. The molecule has 1 aliphatic heterocycles. The maximum absolute atomic E-state index is 5.48. The summed E-state index contributed by atoms with van der Waals surface area (Å²) >= 11 is 0. The van der Waals surface area contributed by atoms with Crippen LogP contribution in [0.15, 0.2) is 41.2 Å². The molecule has 0 radical (unpaired) electrons. The maximum atomic E-state index is 5.48.